The minimum atomic E-state index is -2.78. The topological polar surface area (TPSA) is 58.6 Å². The summed E-state index contributed by atoms with van der Waals surface area (Å²) in [4.78, 5) is 2.41. The summed E-state index contributed by atoms with van der Waals surface area (Å²) in [5.74, 6) is 0.634. The third kappa shape index (κ3) is 3.66. The van der Waals surface area contributed by atoms with Gasteiger partial charge in [-0.05, 0) is 20.3 Å². The highest BCUT2D eigenvalue weighted by Crippen LogP contribution is 2.17. The van der Waals surface area contributed by atoms with Crippen molar-refractivity contribution in [3.63, 3.8) is 0 Å². The monoisotopic (exact) mass is 276 g/mol. The second-order valence-electron chi connectivity index (χ2n) is 5.89. The van der Waals surface area contributed by atoms with Gasteiger partial charge in [-0.3, -0.25) is 4.90 Å². The molecule has 2 aliphatic heterocycles. The second kappa shape index (κ2) is 5.45. The molecule has 18 heavy (non-hydrogen) atoms. The van der Waals surface area contributed by atoms with Gasteiger partial charge in [-0.15, -0.1) is 0 Å². The van der Waals surface area contributed by atoms with Crippen LogP contribution in [0.15, 0.2) is 0 Å². The number of ether oxygens (including phenoxy) is 1. The Hall–Kier alpha value is -0.170. The summed E-state index contributed by atoms with van der Waals surface area (Å²) < 4.78 is 28.2. The van der Waals surface area contributed by atoms with E-state index in [1.54, 1.807) is 0 Å². The molecular formula is C12H24N2O3S. The molecule has 0 spiro atoms. The van der Waals surface area contributed by atoms with E-state index in [0.717, 1.165) is 39.3 Å². The van der Waals surface area contributed by atoms with Gasteiger partial charge >= 0.3 is 0 Å². The van der Waals surface area contributed by atoms with Gasteiger partial charge in [-0.2, -0.15) is 0 Å². The minimum absolute atomic E-state index is 0.0517. The van der Waals surface area contributed by atoms with Crippen molar-refractivity contribution in [2.45, 2.75) is 31.8 Å². The van der Waals surface area contributed by atoms with Crippen molar-refractivity contribution in [3.05, 3.63) is 0 Å². The predicted molar refractivity (Wildman–Crippen MR) is 71.5 cm³/mol. The van der Waals surface area contributed by atoms with E-state index in [1.165, 1.54) is 0 Å². The summed E-state index contributed by atoms with van der Waals surface area (Å²) in [7, 11) is -2.78. The highest BCUT2D eigenvalue weighted by atomic mass is 32.2. The lowest BCUT2D eigenvalue weighted by molar-refractivity contribution is -0.0101. The molecular weight excluding hydrogens is 252 g/mol. The average Bonchev–Trinajstić information content (AvgIpc) is 2.68. The molecule has 0 aromatic carbocycles. The summed E-state index contributed by atoms with van der Waals surface area (Å²) in [6.07, 6.45) is 0.752. The van der Waals surface area contributed by atoms with E-state index >= 15 is 0 Å². The third-order valence-corrected chi connectivity index (χ3v) is 5.69. The molecule has 0 aromatic rings. The Kier molecular flexibility index (Phi) is 4.31. The first kappa shape index (κ1) is 14.2. The summed E-state index contributed by atoms with van der Waals surface area (Å²) in [5.41, 5.74) is 0.0517. The van der Waals surface area contributed by atoms with Crippen LogP contribution in [0.5, 0.6) is 0 Å². The highest BCUT2D eigenvalue weighted by Gasteiger charge is 2.32. The van der Waals surface area contributed by atoms with Crippen LogP contribution in [0, 0.1) is 0 Å². The third-order valence-electron chi connectivity index (χ3n) is 3.92. The van der Waals surface area contributed by atoms with Crippen LogP contribution < -0.4 is 5.32 Å². The van der Waals surface area contributed by atoms with Crippen LogP contribution in [-0.2, 0) is 14.6 Å². The molecule has 1 unspecified atom stereocenters. The number of hydrogen-bond donors (Lipinski definition) is 1. The molecule has 6 heteroatoms. The zero-order valence-electron chi connectivity index (χ0n) is 11.3. The van der Waals surface area contributed by atoms with Crippen LogP contribution in [0.3, 0.4) is 0 Å². The maximum Gasteiger partial charge on any atom is 0.151 e. The standard InChI is InChI=1S/C12H24N2O3S/c1-12(2,14-4-6-17-7-5-14)10-13-11-3-8-18(15,16)9-11/h11,13H,3-10H2,1-2H3. The Morgan fingerprint density at radius 1 is 1.33 bits per heavy atom. The van der Waals surface area contributed by atoms with Gasteiger partial charge in [0.25, 0.3) is 0 Å². The zero-order valence-corrected chi connectivity index (χ0v) is 12.1. The normalized spacial score (nSPS) is 29.6. The van der Waals surface area contributed by atoms with Crippen LogP contribution in [0.4, 0.5) is 0 Å². The molecule has 2 fully saturated rings. The first-order valence-electron chi connectivity index (χ1n) is 6.66. The van der Waals surface area contributed by atoms with E-state index in [-0.39, 0.29) is 11.6 Å². The van der Waals surface area contributed by atoms with E-state index in [4.69, 9.17) is 4.74 Å². The van der Waals surface area contributed by atoms with E-state index < -0.39 is 9.84 Å². The van der Waals surface area contributed by atoms with Crippen LogP contribution in [0.25, 0.3) is 0 Å². The van der Waals surface area contributed by atoms with Crippen molar-refractivity contribution in [3.8, 4) is 0 Å². The molecule has 1 atom stereocenters. The van der Waals surface area contributed by atoms with Crippen LogP contribution in [0.2, 0.25) is 0 Å². The van der Waals surface area contributed by atoms with Crippen LogP contribution in [-0.4, -0.2) is 69.3 Å². The molecule has 1 N–H and O–H groups in total. The number of sulfone groups is 1. The number of nitrogens with zero attached hydrogens (tertiary/aromatic N) is 1. The summed E-state index contributed by atoms with van der Waals surface area (Å²) >= 11 is 0. The molecule has 2 rings (SSSR count). The molecule has 2 saturated heterocycles. The first-order valence-corrected chi connectivity index (χ1v) is 8.48. The fourth-order valence-corrected chi connectivity index (χ4v) is 4.34. The lowest BCUT2D eigenvalue weighted by Gasteiger charge is -2.41. The Balaban J connectivity index is 1.81. The van der Waals surface area contributed by atoms with Crippen LogP contribution >= 0.6 is 0 Å². The summed E-state index contributed by atoms with van der Waals surface area (Å²) in [5, 5.41) is 3.41. The van der Waals surface area contributed by atoms with Crippen molar-refractivity contribution in [1.29, 1.82) is 0 Å². The van der Waals surface area contributed by atoms with Gasteiger partial charge in [0.2, 0.25) is 0 Å². The lowest BCUT2D eigenvalue weighted by Crippen LogP contribution is -2.56. The van der Waals surface area contributed by atoms with Gasteiger partial charge in [0.15, 0.2) is 9.84 Å². The largest absolute Gasteiger partial charge is 0.379 e. The molecule has 0 aliphatic carbocycles. The highest BCUT2D eigenvalue weighted by molar-refractivity contribution is 7.91. The number of morpholine rings is 1. The molecule has 0 bridgehead atoms. The Bertz CT molecular complexity index is 375. The number of rotatable bonds is 4. The van der Waals surface area contributed by atoms with Crippen molar-refractivity contribution in [1.82, 2.24) is 10.2 Å². The van der Waals surface area contributed by atoms with Crippen molar-refractivity contribution in [2.75, 3.05) is 44.4 Å². The van der Waals surface area contributed by atoms with Gasteiger partial charge in [-0.1, -0.05) is 0 Å². The molecule has 2 heterocycles. The molecule has 0 radical (unpaired) electrons. The van der Waals surface area contributed by atoms with Crippen LogP contribution in [0.1, 0.15) is 20.3 Å². The predicted octanol–water partition coefficient (Wildman–Crippen LogP) is -0.126. The molecule has 106 valence electrons. The average molecular weight is 276 g/mol. The fourth-order valence-electron chi connectivity index (χ4n) is 2.63. The SMILES string of the molecule is CC(C)(CNC1CCS(=O)(=O)C1)N1CCOCC1. The van der Waals surface area contributed by atoms with E-state index in [0.29, 0.717) is 11.5 Å². The maximum atomic E-state index is 11.4. The smallest absolute Gasteiger partial charge is 0.151 e. The van der Waals surface area contributed by atoms with Crippen molar-refractivity contribution >= 4 is 9.84 Å². The Morgan fingerprint density at radius 3 is 2.56 bits per heavy atom. The van der Waals surface area contributed by atoms with Crippen molar-refractivity contribution < 1.29 is 13.2 Å². The molecule has 5 nitrogen and oxygen atoms in total. The van der Waals surface area contributed by atoms with Gasteiger partial charge in [0.1, 0.15) is 0 Å². The summed E-state index contributed by atoms with van der Waals surface area (Å²) in [6.45, 7) is 8.73. The maximum absolute atomic E-state index is 11.4. The lowest BCUT2D eigenvalue weighted by atomic mass is 10.0. The van der Waals surface area contributed by atoms with Gasteiger partial charge < -0.3 is 10.1 Å². The molecule has 0 amide bonds. The fraction of sp³-hybridized carbons (Fsp3) is 1.00. The van der Waals surface area contributed by atoms with Gasteiger partial charge in [-0.25, -0.2) is 8.42 Å². The number of nitrogens with one attached hydrogen (secondary N) is 1. The second-order valence-corrected chi connectivity index (χ2v) is 8.12. The molecule has 0 aromatic heterocycles. The molecule has 2 aliphatic rings. The first-order chi connectivity index (χ1) is 8.39. The van der Waals surface area contributed by atoms with E-state index in [2.05, 4.69) is 24.1 Å². The summed E-state index contributed by atoms with van der Waals surface area (Å²) in [6, 6.07) is 0.135. The molecule has 0 saturated carbocycles. The van der Waals surface area contributed by atoms with E-state index in [9.17, 15) is 8.42 Å². The Labute approximate surface area is 110 Å². The quantitative estimate of drug-likeness (QED) is 0.775. The minimum Gasteiger partial charge on any atom is -0.379 e. The Morgan fingerprint density at radius 2 is 2.00 bits per heavy atom. The van der Waals surface area contributed by atoms with Gasteiger partial charge in [0, 0.05) is 31.2 Å². The van der Waals surface area contributed by atoms with Crippen molar-refractivity contribution in [2.24, 2.45) is 0 Å². The van der Waals surface area contributed by atoms with Gasteiger partial charge in [0.05, 0.1) is 24.7 Å². The number of hydrogen-bond acceptors (Lipinski definition) is 5. The zero-order chi connectivity index (χ0) is 13.2. The van der Waals surface area contributed by atoms with E-state index in [1.807, 2.05) is 0 Å².